The van der Waals surface area contributed by atoms with Crippen LogP contribution in [0.15, 0.2) is 52.6 Å². The molecule has 0 aliphatic heterocycles. The van der Waals surface area contributed by atoms with Crippen molar-refractivity contribution in [1.82, 2.24) is 4.98 Å². The van der Waals surface area contributed by atoms with E-state index in [1.165, 1.54) is 18.3 Å². The largest absolute Gasteiger partial charge is 0.322 e. The summed E-state index contributed by atoms with van der Waals surface area (Å²) in [5, 5.41) is 6.37. The number of aliphatic imine (C=N–C) groups is 1. The highest BCUT2D eigenvalue weighted by Crippen LogP contribution is 2.25. The second-order valence-electron chi connectivity index (χ2n) is 5.21. The van der Waals surface area contributed by atoms with Crippen LogP contribution in [0.1, 0.15) is 6.92 Å². The number of nitrogens with one attached hydrogen (secondary N) is 1. The SMILES string of the molecule is CC(=Nc1cc(F)ccc1F)/C(=N\N)C(=O)Nc1nc2ccccc2s1. The van der Waals surface area contributed by atoms with E-state index in [-0.39, 0.29) is 17.1 Å². The molecule has 2 aromatic carbocycles. The minimum Gasteiger partial charge on any atom is -0.322 e. The van der Waals surface area contributed by atoms with Gasteiger partial charge in [-0.05, 0) is 31.2 Å². The number of aromatic nitrogens is 1. The lowest BCUT2D eigenvalue weighted by Crippen LogP contribution is -2.29. The Hall–Kier alpha value is -3.20. The number of halogens is 2. The molecule has 0 aliphatic carbocycles. The van der Waals surface area contributed by atoms with E-state index in [9.17, 15) is 13.6 Å². The first-order valence-electron chi connectivity index (χ1n) is 7.43. The van der Waals surface area contributed by atoms with E-state index in [0.29, 0.717) is 5.13 Å². The number of amides is 1. The number of carbonyl (C=O) groups excluding carboxylic acids is 1. The second kappa shape index (κ2) is 7.36. The molecule has 9 heteroatoms. The zero-order valence-corrected chi connectivity index (χ0v) is 14.3. The number of carbonyl (C=O) groups is 1. The molecule has 6 nitrogen and oxygen atoms in total. The molecule has 3 N–H and O–H groups in total. The standard InChI is InChI=1S/C17H13F2N5OS/c1-9(21-13-8-10(18)6-7-11(13)19)15(24-20)16(25)23-17-22-12-4-2-3-5-14(12)26-17/h2-8H,20H2,1H3,(H,22,23,25)/b21-9?,24-15+. The third kappa shape index (κ3) is 3.72. The summed E-state index contributed by atoms with van der Waals surface area (Å²) >= 11 is 1.29. The highest BCUT2D eigenvalue weighted by atomic mass is 32.1. The number of rotatable bonds is 4. The van der Waals surface area contributed by atoms with Gasteiger partial charge in [0.2, 0.25) is 0 Å². The van der Waals surface area contributed by atoms with Crippen LogP contribution in [0.5, 0.6) is 0 Å². The third-order valence-corrected chi connectivity index (χ3v) is 4.35. The van der Waals surface area contributed by atoms with E-state index < -0.39 is 17.5 Å². The summed E-state index contributed by atoms with van der Waals surface area (Å²) in [6, 6.07) is 10.2. The topological polar surface area (TPSA) is 92.7 Å². The van der Waals surface area contributed by atoms with Crippen LogP contribution in [0, 0.1) is 11.6 Å². The van der Waals surface area contributed by atoms with Crippen molar-refractivity contribution < 1.29 is 13.6 Å². The van der Waals surface area contributed by atoms with E-state index in [0.717, 1.165) is 28.4 Å². The fourth-order valence-corrected chi connectivity index (χ4v) is 3.06. The van der Waals surface area contributed by atoms with Crippen LogP contribution in [-0.2, 0) is 4.79 Å². The third-order valence-electron chi connectivity index (χ3n) is 3.40. The predicted octanol–water partition coefficient (Wildman–Crippen LogP) is 3.62. The average molecular weight is 373 g/mol. The number of benzene rings is 2. The number of nitrogens with two attached hydrogens (primary N) is 1. The van der Waals surface area contributed by atoms with Crippen molar-refractivity contribution in [1.29, 1.82) is 0 Å². The van der Waals surface area contributed by atoms with Gasteiger partial charge >= 0.3 is 0 Å². The lowest BCUT2D eigenvalue weighted by Gasteiger charge is -2.05. The van der Waals surface area contributed by atoms with Gasteiger partial charge in [0.15, 0.2) is 10.8 Å². The monoisotopic (exact) mass is 373 g/mol. The Kier molecular flexibility index (Phi) is 4.99. The van der Waals surface area contributed by atoms with Gasteiger partial charge in [0.25, 0.3) is 5.91 Å². The Balaban J connectivity index is 1.84. The average Bonchev–Trinajstić information content (AvgIpc) is 3.01. The van der Waals surface area contributed by atoms with Crippen LogP contribution in [0.3, 0.4) is 0 Å². The normalized spacial score (nSPS) is 12.4. The summed E-state index contributed by atoms with van der Waals surface area (Å²) in [6.07, 6.45) is 0. The lowest BCUT2D eigenvalue weighted by atomic mass is 10.2. The molecule has 0 aliphatic rings. The van der Waals surface area contributed by atoms with E-state index in [1.807, 2.05) is 24.3 Å². The van der Waals surface area contributed by atoms with Gasteiger partial charge in [-0.3, -0.25) is 10.1 Å². The van der Waals surface area contributed by atoms with Gasteiger partial charge in [-0.2, -0.15) is 5.10 Å². The molecule has 0 saturated heterocycles. The Morgan fingerprint density at radius 1 is 1.23 bits per heavy atom. The number of thiazole rings is 1. The van der Waals surface area contributed by atoms with E-state index >= 15 is 0 Å². The molecule has 0 unspecified atom stereocenters. The summed E-state index contributed by atoms with van der Waals surface area (Å²) < 4.78 is 27.9. The highest BCUT2D eigenvalue weighted by molar-refractivity contribution is 7.22. The molecule has 0 spiro atoms. The molecule has 0 bridgehead atoms. The van der Waals surface area contributed by atoms with Gasteiger partial charge in [-0.25, -0.2) is 18.8 Å². The lowest BCUT2D eigenvalue weighted by molar-refractivity contribution is -0.110. The molecule has 0 radical (unpaired) electrons. The van der Waals surface area contributed by atoms with Crippen LogP contribution in [0.4, 0.5) is 19.6 Å². The zero-order valence-electron chi connectivity index (χ0n) is 13.5. The summed E-state index contributed by atoms with van der Waals surface area (Å²) in [7, 11) is 0. The van der Waals surface area contributed by atoms with Crippen molar-refractivity contribution >= 4 is 49.7 Å². The molecule has 0 fully saturated rings. The number of para-hydroxylation sites is 1. The quantitative estimate of drug-likeness (QED) is 0.416. The maximum atomic E-state index is 13.7. The summed E-state index contributed by atoms with van der Waals surface area (Å²) in [4.78, 5) is 20.6. The number of nitrogens with zero attached hydrogens (tertiary/aromatic N) is 3. The first-order valence-corrected chi connectivity index (χ1v) is 8.25. The molecule has 0 atom stereocenters. The van der Waals surface area contributed by atoms with Crippen LogP contribution < -0.4 is 11.2 Å². The second-order valence-corrected chi connectivity index (χ2v) is 6.24. The fraction of sp³-hybridized carbons (Fsp3) is 0.0588. The first-order chi connectivity index (χ1) is 12.5. The van der Waals surface area contributed by atoms with Crippen LogP contribution >= 0.6 is 11.3 Å². The molecule has 3 rings (SSSR count). The molecule has 3 aromatic rings. The van der Waals surface area contributed by atoms with Crippen molar-refractivity contribution in [2.24, 2.45) is 15.9 Å². The van der Waals surface area contributed by atoms with Crippen molar-refractivity contribution in [2.45, 2.75) is 6.92 Å². The summed E-state index contributed by atoms with van der Waals surface area (Å²) in [5.41, 5.74) is 0.311. The van der Waals surface area contributed by atoms with E-state index in [4.69, 9.17) is 5.84 Å². The minimum absolute atomic E-state index is 0.0376. The molecular weight excluding hydrogens is 360 g/mol. The smallest absolute Gasteiger partial charge is 0.279 e. The van der Waals surface area contributed by atoms with E-state index in [2.05, 4.69) is 20.4 Å². The minimum atomic E-state index is -0.728. The molecule has 132 valence electrons. The van der Waals surface area contributed by atoms with Gasteiger partial charge in [-0.1, -0.05) is 23.5 Å². The van der Waals surface area contributed by atoms with Crippen LogP contribution in [0.2, 0.25) is 0 Å². The molecule has 1 amide bonds. The number of anilines is 1. The van der Waals surface area contributed by atoms with Crippen molar-refractivity contribution in [3.8, 4) is 0 Å². The van der Waals surface area contributed by atoms with E-state index in [1.54, 1.807) is 0 Å². The molecular formula is C17H13F2N5OS. The van der Waals surface area contributed by atoms with Gasteiger partial charge in [0, 0.05) is 6.07 Å². The van der Waals surface area contributed by atoms with Gasteiger partial charge < -0.3 is 5.84 Å². The Bertz CT molecular complexity index is 1010. The molecule has 26 heavy (non-hydrogen) atoms. The maximum Gasteiger partial charge on any atom is 0.279 e. The fourth-order valence-electron chi connectivity index (χ4n) is 2.20. The van der Waals surface area contributed by atoms with Gasteiger partial charge in [0.05, 0.1) is 15.9 Å². The van der Waals surface area contributed by atoms with Crippen molar-refractivity contribution in [3.63, 3.8) is 0 Å². The number of hydrazone groups is 1. The molecule has 1 aromatic heterocycles. The van der Waals surface area contributed by atoms with Crippen LogP contribution in [0.25, 0.3) is 10.2 Å². The first kappa shape index (κ1) is 17.6. The number of fused-ring (bicyclic) bond motifs is 1. The van der Waals surface area contributed by atoms with Crippen molar-refractivity contribution in [2.75, 3.05) is 5.32 Å². The van der Waals surface area contributed by atoms with Gasteiger partial charge in [-0.15, -0.1) is 0 Å². The Labute approximate surface area is 151 Å². The van der Waals surface area contributed by atoms with Gasteiger partial charge in [0.1, 0.15) is 17.3 Å². The molecule has 0 saturated carbocycles. The molecule has 1 heterocycles. The highest BCUT2D eigenvalue weighted by Gasteiger charge is 2.18. The zero-order chi connectivity index (χ0) is 18.7. The summed E-state index contributed by atoms with van der Waals surface area (Å²) in [6.45, 7) is 1.42. The summed E-state index contributed by atoms with van der Waals surface area (Å²) in [5.74, 6) is 3.26. The Morgan fingerprint density at radius 2 is 2.00 bits per heavy atom. The van der Waals surface area contributed by atoms with Crippen LogP contribution in [-0.4, -0.2) is 22.3 Å². The number of hydrogen-bond donors (Lipinski definition) is 2. The maximum absolute atomic E-state index is 13.7. The Morgan fingerprint density at radius 3 is 2.73 bits per heavy atom. The predicted molar refractivity (Wildman–Crippen MR) is 99.0 cm³/mol. The van der Waals surface area contributed by atoms with Crippen molar-refractivity contribution in [3.05, 3.63) is 54.1 Å². The number of hydrogen-bond acceptors (Lipinski definition) is 6.